The van der Waals surface area contributed by atoms with E-state index in [9.17, 15) is 26.9 Å². The zero-order chi connectivity index (χ0) is 32.5. The summed E-state index contributed by atoms with van der Waals surface area (Å²) in [5.41, 5.74) is -4.38. The molecule has 0 amide bonds. The second-order valence-corrected chi connectivity index (χ2v) is 13.7. The van der Waals surface area contributed by atoms with Gasteiger partial charge in [-0.15, -0.1) is 0 Å². The van der Waals surface area contributed by atoms with Crippen LogP contribution in [-0.2, 0) is 19.5 Å². The van der Waals surface area contributed by atoms with E-state index in [0.29, 0.717) is 55.0 Å². The molecule has 3 heterocycles. The molecule has 16 heteroatoms. The number of nitrogens with zero attached hydrogens (tertiary/aromatic N) is 3. The Labute approximate surface area is 266 Å². The molecule has 0 aromatic carbocycles. The van der Waals surface area contributed by atoms with E-state index in [0.717, 1.165) is 31.2 Å². The van der Waals surface area contributed by atoms with Crippen molar-refractivity contribution in [2.75, 3.05) is 50.2 Å². The summed E-state index contributed by atoms with van der Waals surface area (Å²) in [6.07, 6.45) is 6.56. The van der Waals surface area contributed by atoms with Crippen LogP contribution >= 0.6 is 11.6 Å². The third-order valence-electron chi connectivity index (χ3n) is 7.99. The topological polar surface area (TPSA) is 150 Å². The molecule has 0 bridgehead atoms. The van der Waals surface area contributed by atoms with Crippen LogP contribution in [-0.4, -0.2) is 81.5 Å². The minimum atomic E-state index is -5.36. The number of halogens is 4. The fourth-order valence-corrected chi connectivity index (χ4v) is 6.12. The van der Waals surface area contributed by atoms with Crippen LogP contribution in [0.5, 0.6) is 0 Å². The maximum absolute atomic E-state index is 12.4. The predicted molar refractivity (Wildman–Crippen MR) is 165 cm³/mol. The summed E-state index contributed by atoms with van der Waals surface area (Å²) < 4.78 is 71.4. The molecule has 1 unspecified atom stereocenters. The van der Waals surface area contributed by atoms with Gasteiger partial charge in [0.05, 0.1) is 35.4 Å². The van der Waals surface area contributed by atoms with E-state index in [4.69, 9.17) is 26.1 Å². The first-order chi connectivity index (χ1) is 21.4. The Morgan fingerprint density at radius 2 is 1.89 bits per heavy atom. The number of pyridine rings is 2. The lowest BCUT2D eigenvalue weighted by Crippen LogP contribution is -2.43. The van der Waals surface area contributed by atoms with Gasteiger partial charge in [0.2, 0.25) is 0 Å². The van der Waals surface area contributed by atoms with Gasteiger partial charge in [0.25, 0.3) is 0 Å². The third kappa shape index (κ3) is 10.1. The summed E-state index contributed by atoms with van der Waals surface area (Å²) in [5, 5.41) is 20.5. The SMILES string of the molecule is CC(COCCNS(=O)(=O)C(F)(F)F)N[C@H]1CC[C@H](Nc2cc(-c3cccc(NCC4(C#N)CCOCC4)n3)c(Cl)cn2)CC1. The second kappa shape index (κ2) is 15.7. The summed E-state index contributed by atoms with van der Waals surface area (Å²) in [5.74, 6) is 1.35. The van der Waals surface area contributed by atoms with Crippen molar-refractivity contribution < 1.29 is 31.1 Å². The van der Waals surface area contributed by atoms with Gasteiger partial charge in [0, 0.05) is 56.2 Å². The summed E-state index contributed by atoms with van der Waals surface area (Å²) >= 11 is 6.53. The van der Waals surface area contributed by atoms with E-state index >= 15 is 0 Å². The van der Waals surface area contributed by atoms with E-state index in [-0.39, 0.29) is 31.3 Å². The van der Waals surface area contributed by atoms with Gasteiger partial charge in [-0.1, -0.05) is 17.7 Å². The molecule has 1 saturated heterocycles. The Balaban J connectivity index is 1.22. The van der Waals surface area contributed by atoms with Crippen LogP contribution in [0.15, 0.2) is 30.5 Å². The number of nitrogens with one attached hydrogen (secondary N) is 4. The molecule has 2 aromatic rings. The zero-order valence-corrected chi connectivity index (χ0v) is 26.6. The highest BCUT2D eigenvalue weighted by Gasteiger charge is 2.45. The lowest BCUT2D eigenvalue weighted by molar-refractivity contribution is -0.0449. The lowest BCUT2D eigenvalue weighted by atomic mass is 9.82. The zero-order valence-electron chi connectivity index (χ0n) is 25.0. The van der Waals surface area contributed by atoms with Gasteiger partial charge in [-0.25, -0.2) is 23.1 Å². The summed E-state index contributed by atoms with van der Waals surface area (Å²) in [6, 6.07) is 10.4. The van der Waals surface area contributed by atoms with Gasteiger partial charge >= 0.3 is 15.5 Å². The van der Waals surface area contributed by atoms with E-state index in [1.54, 1.807) is 6.20 Å². The molecule has 2 aliphatic rings. The number of rotatable bonds is 14. The highest BCUT2D eigenvalue weighted by Crippen LogP contribution is 2.32. The predicted octanol–water partition coefficient (Wildman–Crippen LogP) is 4.69. The number of hydrogen-bond acceptors (Lipinski definition) is 10. The molecule has 11 nitrogen and oxygen atoms in total. The number of anilines is 2. The van der Waals surface area contributed by atoms with Crippen LogP contribution in [0.25, 0.3) is 11.3 Å². The molecule has 0 spiro atoms. The molecule has 2 aromatic heterocycles. The highest BCUT2D eigenvalue weighted by atomic mass is 35.5. The van der Waals surface area contributed by atoms with Gasteiger partial charge in [-0.2, -0.15) is 18.4 Å². The Bertz CT molecular complexity index is 1410. The van der Waals surface area contributed by atoms with Crippen LogP contribution in [0, 0.1) is 16.7 Å². The van der Waals surface area contributed by atoms with Crippen LogP contribution < -0.4 is 20.7 Å². The second-order valence-electron chi connectivity index (χ2n) is 11.5. The maximum atomic E-state index is 12.4. The molecule has 4 N–H and O–H groups in total. The van der Waals surface area contributed by atoms with Crippen LogP contribution in [0.4, 0.5) is 24.8 Å². The van der Waals surface area contributed by atoms with Crippen molar-refractivity contribution in [1.29, 1.82) is 5.26 Å². The Kier molecular flexibility index (Phi) is 12.3. The summed E-state index contributed by atoms with van der Waals surface area (Å²) in [7, 11) is -5.36. The average molecular weight is 674 g/mol. The molecule has 1 atom stereocenters. The smallest absolute Gasteiger partial charge is 0.381 e. The van der Waals surface area contributed by atoms with Crippen LogP contribution in [0.1, 0.15) is 45.4 Å². The largest absolute Gasteiger partial charge is 0.511 e. The molecular formula is C29H39ClF3N7O4S. The molecule has 1 saturated carbocycles. The number of nitriles is 1. The standard InChI is InChI=1S/C29H39ClF3N7O4S/c1-20(17-44-14-11-37-45(41,42)29(31,32)33)38-21-5-7-22(8-6-21)39-27-15-23(24(30)16-35-27)25-3-2-4-26(40-25)36-19-28(18-34)9-12-43-13-10-28/h2-4,15-16,20-22,37-38H,5-14,17,19H2,1H3,(H,35,39)(H,36,40)/t20?,21-,22-. The van der Waals surface area contributed by atoms with Crippen molar-refractivity contribution in [1.82, 2.24) is 20.0 Å². The van der Waals surface area contributed by atoms with Gasteiger partial charge in [-0.3, -0.25) is 0 Å². The molecule has 248 valence electrons. The fraction of sp³-hybridized carbons (Fsp3) is 0.621. The summed E-state index contributed by atoms with van der Waals surface area (Å²) in [6.45, 7) is 3.17. The monoisotopic (exact) mass is 673 g/mol. The quantitative estimate of drug-likeness (QED) is 0.208. The van der Waals surface area contributed by atoms with E-state index < -0.39 is 27.5 Å². The molecule has 0 radical (unpaired) electrons. The molecule has 1 aliphatic carbocycles. The van der Waals surface area contributed by atoms with Crippen molar-refractivity contribution in [3.8, 4) is 17.3 Å². The highest BCUT2D eigenvalue weighted by molar-refractivity contribution is 7.90. The Hall–Kier alpha value is -2.74. The van der Waals surface area contributed by atoms with Crippen molar-refractivity contribution in [2.24, 2.45) is 5.41 Å². The molecule has 2 fully saturated rings. The molecule has 4 rings (SSSR count). The number of sulfonamides is 1. The Morgan fingerprint density at radius 3 is 2.58 bits per heavy atom. The maximum Gasteiger partial charge on any atom is 0.511 e. The average Bonchev–Trinajstić information content (AvgIpc) is 3.02. The van der Waals surface area contributed by atoms with Crippen molar-refractivity contribution >= 4 is 33.3 Å². The van der Waals surface area contributed by atoms with Gasteiger partial charge in [-0.05, 0) is 63.6 Å². The first-order valence-electron chi connectivity index (χ1n) is 14.9. The van der Waals surface area contributed by atoms with Crippen LogP contribution in [0.3, 0.4) is 0 Å². The van der Waals surface area contributed by atoms with Crippen molar-refractivity contribution in [2.45, 2.75) is 69.1 Å². The van der Waals surface area contributed by atoms with E-state index in [1.165, 1.54) is 4.72 Å². The van der Waals surface area contributed by atoms with E-state index in [2.05, 4.69) is 27.0 Å². The number of alkyl halides is 3. The number of aromatic nitrogens is 2. The van der Waals surface area contributed by atoms with Crippen molar-refractivity contribution in [3.63, 3.8) is 0 Å². The minimum absolute atomic E-state index is 0.0564. The lowest BCUT2D eigenvalue weighted by Gasteiger charge is -2.32. The first kappa shape index (κ1) is 35.1. The molecule has 1 aliphatic heterocycles. The van der Waals surface area contributed by atoms with E-state index in [1.807, 2.05) is 31.2 Å². The van der Waals surface area contributed by atoms with Gasteiger partial charge < -0.3 is 25.4 Å². The summed E-state index contributed by atoms with van der Waals surface area (Å²) in [4.78, 5) is 9.22. The minimum Gasteiger partial charge on any atom is -0.381 e. The molecular weight excluding hydrogens is 635 g/mol. The number of ether oxygens (including phenoxy) is 2. The normalized spacial score (nSPS) is 21.1. The fourth-order valence-electron chi connectivity index (χ4n) is 5.40. The Morgan fingerprint density at radius 1 is 1.18 bits per heavy atom. The van der Waals surface area contributed by atoms with Crippen LogP contribution in [0.2, 0.25) is 5.02 Å². The van der Waals surface area contributed by atoms with Gasteiger partial charge in [0.1, 0.15) is 11.6 Å². The van der Waals surface area contributed by atoms with Crippen molar-refractivity contribution in [3.05, 3.63) is 35.5 Å². The first-order valence-corrected chi connectivity index (χ1v) is 16.8. The number of hydrogen-bond donors (Lipinski definition) is 4. The third-order valence-corrected chi connectivity index (χ3v) is 9.48. The molecule has 45 heavy (non-hydrogen) atoms. The van der Waals surface area contributed by atoms with Gasteiger partial charge in [0.15, 0.2) is 0 Å².